The first-order valence-electron chi connectivity index (χ1n) is 11.9. The third-order valence-electron chi connectivity index (χ3n) is 5.49. The number of unbranched alkanes of at least 4 members (excludes halogenated alkanes) is 2. The van der Waals surface area contributed by atoms with Gasteiger partial charge in [0.1, 0.15) is 11.6 Å². The zero-order valence-electron chi connectivity index (χ0n) is 20.4. The number of ether oxygens (including phenoxy) is 1. The van der Waals surface area contributed by atoms with Crippen LogP contribution in [0.15, 0.2) is 33.9 Å². The fourth-order valence-electron chi connectivity index (χ4n) is 3.53. The number of rotatable bonds is 13. The number of aromatic amines is 1. The number of carbonyl (C=O) groups excluding carboxylic acids is 1. The van der Waals surface area contributed by atoms with Crippen LogP contribution in [0.4, 0.5) is 11.5 Å². The third kappa shape index (κ3) is 7.80. The molecule has 0 atom stereocenters. The number of carbonyl (C=O) groups is 1. The van der Waals surface area contributed by atoms with E-state index in [2.05, 4.69) is 18.8 Å². The maximum absolute atomic E-state index is 13.1. The highest BCUT2D eigenvalue weighted by atomic mass is 16.5. The second kappa shape index (κ2) is 12.9. The Morgan fingerprint density at radius 2 is 1.97 bits per heavy atom. The lowest BCUT2D eigenvalue weighted by Crippen LogP contribution is -2.42. The van der Waals surface area contributed by atoms with Crippen molar-refractivity contribution in [3.63, 3.8) is 0 Å². The van der Waals surface area contributed by atoms with Gasteiger partial charge in [-0.2, -0.15) is 0 Å². The lowest BCUT2D eigenvalue weighted by Gasteiger charge is -2.25. The molecule has 0 bridgehead atoms. The Kier molecular flexibility index (Phi) is 10.2. The average molecular weight is 459 g/mol. The SMILES string of the molecule is CCCCn1c(N)c(N(CCC(C)C)C(=O)CCCCOc2cccc(C)c2)c(=O)[nH]c1=O. The molecule has 1 aromatic carbocycles. The van der Waals surface area contributed by atoms with Crippen molar-refractivity contribution in [1.82, 2.24) is 9.55 Å². The molecule has 0 aliphatic carbocycles. The highest BCUT2D eigenvalue weighted by Gasteiger charge is 2.24. The first-order valence-corrected chi connectivity index (χ1v) is 11.9. The van der Waals surface area contributed by atoms with E-state index in [1.165, 1.54) is 9.47 Å². The van der Waals surface area contributed by atoms with Gasteiger partial charge in [0, 0.05) is 19.5 Å². The number of nitrogens with two attached hydrogens (primary N) is 1. The van der Waals surface area contributed by atoms with Crippen LogP contribution in [0.5, 0.6) is 5.75 Å². The van der Waals surface area contributed by atoms with E-state index >= 15 is 0 Å². The van der Waals surface area contributed by atoms with Gasteiger partial charge in [0.2, 0.25) is 5.91 Å². The monoisotopic (exact) mass is 458 g/mol. The smallest absolute Gasteiger partial charge is 0.330 e. The predicted octanol–water partition coefficient (Wildman–Crippen LogP) is 3.86. The second-order valence-corrected chi connectivity index (χ2v) is 8.85. The van der Waals surface area contributed by atoms with E-state index in [1.807, 2.05) is 38.1 Å². The van der Waals surface area contributed by atoms with Crippen molar-refractivity contribution >= 4 is 17.4 Å². The molecule has 1 heterocycles. The minimum absolute atomic E-state index is 0.0529. The number of aromatic nitrogens is 2. The van der Waals surface area contributed by atoms with Gasteiger partial charge in [-0.25, -0.2) is 4.79 Å². The van der Waals surface area contributed by atoms with Gasteiger partial charge in [-0.15, -0.1) is 0 Å². The zero-order chi connectivity index (χ0) is 24.4. The first-order chi connectivity index (χ1) is 15.7. The molecule has 1 aromatic heterocycles. The van der Waals surface area contributed by atoms with Crippen molar-refractivity contribution in [2.24, 2.45) is 5.92 Å². The normalized spacial score (nSPS) is 11.1. The largest absolute Gasteiger partial charge is 0.494 e. The highest BCUT2D eigenvalue weighted by Crippen LogP contribution is 2.20. The van der Waals surface area contributed by atoms with Crippen molar-refractivity contribution in [2.45, 2.75) is 72.8 Å². The van der Waals surface area contributed by atoms with Gasteiger partial charge in [0.25, 0.3) is 5.56 Å². The van der Waals surface area contributed by atoms with Crippen LogP contribution < -0.4 is 26.6 Å². The van der Waals surface area contributed by atoms with Crippen LogP contribution in [0.2, 0.25) is 0 Å². The van der Waals surface area contributed by atoms with Crippen molar-refractivity contribution in [3.8, 4) is 5.75 Å². The molecular formula is C25H38N4O4. The van der Waals surface area contributed by atoms with Crippen molar-refractivity contribution in [1.29, 1.82) is 0 Å². The maximum atomic E-state index is 13.1. The molecule has 3 N–H and O–H groups in total. The van der Waals surface area contributed by atoms with Gasteiger partial charge in [-0.1, -0.05) is 39.3 Å². The van der Waals surface area contributed by atoms with Crippen LogP contribution in [0.25, 0.3) is 0 Å². The Bertz CT molecular complexity index is 1030. The van der Waals surface area contributed by atoms with Gasteiger partial charge < -0.3 is 15.4 Å². The number of H-pyrrole nitrogens is 1. The van der Waals surface area contributed by atoms with Gasteiger partial charge >= 0.3 is 5.69 Å². The molecule has 1 amide bonds. The molecule has 0 unspecified atom stereocenters. The summed E-state index contributed by atoms with van der Waals surface area (Å²) < 4.78 is 7.11. The standard InChI is InChI=1S/C25H38N4O4/c1-5-6-14-29-23(26)22(24(31)27-25(29)32)28(15-13-18(2)3)21(30)12-7-8-16-33-20-11-9-10-19(4)17-20/h9-11,17-18H,5-8,12-16,26H2,1-4H3,(H,27,31,32). The second-order valence-electron chi connectivity index (χ2n) is 8.85. The van der Waals surface area contributed by atoms with E-state index in [9.17, 15) is 14.4 Å². The fourth-order valence-corrected chi connectivity index (χ4v) is 3.53. The van der Waals surface area contributed by atoms with Gasteiger partial charge in [0.15, 0.2) is 5.69 Å². The number of benzene rings is 1. The molecule has 0 saturated carbocycles. The quantitative estimate of drug-likeness (QED) is 0.443. The van der Waals surface area contributed by atoms with Gasteiger partial charge in [0.05, 0.1) is 6.61 Å². The highest BCUT2D eigenvalue weighted by molar-refractivity contribution is 5.95. The number of anilines is 2. The molecule has 0 spiro atoms. The molecule has 8 heteroatoms. The third-order valence-corrected chi connectivity index (χ3v) is 5.49. The van der Waals surface area contributed by atoms with Gasteiger partial charge in [-0.05, 0) is 56.2 Å². The molecule has 0 aliphatic rings. The molecular weight excluding hydrogens is 420 g/mol. The Morgan fingerprint density at radius 3 is 2.64 bits per heavy atom. The summed E-state index contributed by atoms with van der Waals surface area (Å²) in [4.78, 5) is 41.9. The summed E-state index contributed by atoms with van der Waals surface area (Å²) in [6.07, 6.45) is 3.94. The van der Waals surface area contributed by atoms with Crippen molar-refractivity contribution < 1.29 is 9.53 Å². The summed E-state index contributed by atoms with van der Waals surface area (Å²) in [5.74, 6) is 1.03. The number of nitrogen functional groups attached to an aromatic ring is 1. The van der Waals surface area contributed by atoms with Crippen LogP contribution >= 0.6 is 0 Å². The number of hydrogen-bond acceptors (Lipinski definition) is 5. The van der Waals surface area contributed by atoms with Crippen LogP contribution in [-0.2, 0) is 11.3 Å². The Hall–Kier alpha value is -3.03. The molecule has 0 fully saturated rings. The predicted molar refractivity (Wildman–Crippen MR) is 133 cm³/mol. The Balaban J connectivity index is 2.11. The van der Waals surface area contributed by atoms with E-state index in [1.54, 1.807) is 0 Å². The van der Waals surface area contributed by atoms with E-state index in [0.29, 0.717) is 38.5 Å². The summed E-state index contributed by atoms with van der Waals surface area (Å²) in [5, 5.41) is 0. The lowest BCUT2D eigenvalue weighted by molar-refractivity contribution is -0.118. The summed E-state index contributed by atoms with van der Waals surface area (Å²) >= 11 is 0. The van der Waals surface area contributed by atoms with Crippen LogP contribution in [-0.4, -0.2) is 28.6 Å². The summed E-state index contributed by atoms with van der Waals surface area (Å²) in [6.45, 7) is 9.41. The van der Waals surface area contributed by atoms with E-state index < -0.39 is 11.2 Å². The topological polar surface area (TPSA) is 110 Å². The minimum atomic E-state index is -0.620. The van der Waals surface area contributed by atoms with Crippen molar-refractivity contribution in [2.75, 3.05) is 23.8 Å². The van der Waals surface area contributed by atoms with Gasteiger partial charge in [-0.3, -0.25) is 19.1 Å². The molecule has 0 saturated heterocycles. The molecule has 0 radical (unpaired) electrons. The van der Waals surface area contributed by atoms with Crippen molar-refractivity contribution in [3.05, 3.63) is 50.7 Å². The Labute approximate surface area is 195 Å². The molecule has 2 rings (SSSR count). The number of nitrogens with one attached hydrogen (secondary N) is 1. The fraction of sp³-hybridized carbons (Fsp3) is 0.560. The number of aryl methyl sites for hydroxylation is 1. The lowest BCUT2D eigenvalue weighted by atomic mass is 10.1. The first kappa shape index (κ1) is 26.2. The number of nitrogens with zero attached hydrogens (tertiary/aromatic N) is 2. The summed E-state index contributed by atoms with van der Waals surface area (Å²) in [5.41, 5.74) is 6.30. The molecule has 0 aliphatic heterocycles. The molecule has 8 nitrogen and oxygen atoms in total. The van der Waals surface area contributed by atoms with E-state index in [4.69, 9.17) is 10.5 Å². The minimum Gasteiger partial charge on any atom is -0.494 e. The number of hydrogen-bond donors (Lipinski definition) is 2. The van der Waals surface area contributed by atoms with E-state index in [-0.39, 0.29) is 23.8 Å². The Morgan fingerprint density at radius 1 is 1.21 bits per heavy atom. The maximum Gasteiger partial charge on any atom is 0.330 e. The average Bonchev–Trinajstić information content (AvgIpc) is 2.75. The number of amides is 1. The molecule has 33 heavy (non-hydrogen) atoms. The molecule has 182 valence electrons. The summed E-state index contributed by atoms with van der Waals surface area (Å²) in [6, 6.07) is 7.84. The van der Waals surface area contributed by atoms with E-state index in [0.717, 1.165) is 30.6 Å². The van der Waals surface area contributed by atoms with Crippen LogP contribution in [0.1, 0.15) is 64.9 Å². The van der Waals surface area contributed by atoms with Crippen LogP contribution in [0, 0.1) is 12.8 Å². The zero-order valence-corrected chi connectivity index (χ0v) is 20.4. The van der Waals surface area contributed by atoms with Crippen LogP contribution in [0.3, 0.4) is 0 Å². The molecule has 2 aromatic rings. The summed E-state index contributed by atoms with van der Waals surface area (Å²) in [7, 11) is 0.